The van der Waals surface area contributed by atoms with E-state index in [2.05, 4.69) is 0 Å². The lowest BCUT2D eigenvalue weighted by molar-refractivity contribution is 0.0743. The number of carbonyl (C=O) groups is 1. The molecule has 0 bridgehead atoms. The summed E-state index contributed by atoms with van der Waals surface area (Å²) < 4.78 is 0. The molecule has 1 amide bonds. The first-order valence-electron chi connectivity index (χ1n) is 6.48. The van der Waals surface area contributed by atoms with Gasteiger partial charge in [0.2, 0.25) is 0 Å². The quantitative estimate of drug-likeness (QED) is 0.707. The second-order valence-corrected chi connectivity index (χ2v) is 5.45. The van der Waals surface area contributed by atoms with Gasteiger partial charge in [-0.15, -0.1) is 0 Å². The molecule has 1 aliphatic carbocycles. The lowest BCUT2D eigenvalue weighted by atomic mass is 10.0. The summed E-state index contributed by atoms with van der Waals surface area (Å²) in [6.45, 7) is 1.70. The summed E-state index contributed by atoms with van der Waals surface area (Å²) >= 11 is 5.92. The highest BCUT2D eigenvalue weighted by atomic mass is 35.5. The Kier molecular flexibility index (Phi) is 3.13. The third-order valence-electron chi connectivity index (χ3n) is 3.73. The Bertz CT molecular complexity index is 505. The second kappa shape index (κ2) is 4.77. The molecule has 3 rings (SSSR count). The standard InChI is InChI=1S/C15H16ClNO/c16-14-3-1-2-13(10-14)15(18)17-8-6-12(7-9-17)11-4-5-11/h1-3,10H,4-9H2. The number of amides is 1. The van der Waals surface area contributed by atoms with Gasteiger partial charge in [0, 0.05) is 23.7 Å². The van der Waals surface area contributed by atoms with Gasteiger partial charge in [-0.1, -0.05) is 28.8 Å². The molecule has 2 nitrogen and oxygen atoms in total. The van der Waals surface area contributed by atoms with Gasteiger partial charge in [-0.2, -0.15) is 0 Å². The van der Waals surface area contributed by atoms with Crippen molar-refractivity contribution in [2.45, 2.75) is 25.7 Å². The molecule has 18 heavy (non-hydrogen) atoms. The lowest BCUT2D eigenvalue weighted by Crippen LogP contribution is -2.36. The van der Waals surface area contributed by atoms with Gasteiger partial charge >= 0.3 is 0 Å². The summed E-state index contributed by atoms with van der Waals surface area (Å²) in [4.78, 5) is 14.2. The van der Waals surface area contributed by atoms with Gasteiger partial charge in [0.25, 0.3) is 5.91 Å². The van der Waals surface area contributed by atoms with Gasteiger partial charge in [0.1, 0.15) is 0 Å². The van der Waals surface area contributed by atoms with Gasteiger partial charge in [-0.05, 0) is 43.9 Å². The fourth-order valence-corrected chi connectivity index (χ4v) is 2.74. The number of halogens is 1. The Morgan fingerprint density at radius 3 is 2.33 bits per heavy atom. The number of benzene rings is 1. The van der Waals surface area contributed by atoms with Crippen LogP contribution in [0.4, 0.5) is 0 Å². The average molecular weight is 262 g/mol. The number of allylic oxidation sites excluding steroid dienone is 1. The van der Waals surface area contributed by atoms with Crippen molar-refractivity contribution in [2.75, 3.05) is 13.1 Å². The first-order chi connectivity index (χ1) is 8.74. The summed E-state index contributed by atoms with van der Waals surface area (Å²) in [5.41, 5.74) is 3.94. The molecule has 1 saturated heterocycles. The fourth-order valence-electron chi connectivity index (χ4n) is 2.55. The van der Waals surface area contributed by atoms with Gasteiger partial charge in [-0.3, -0.25) is 4.79 Å². The molecule has 2 aliphatic rings. The third-order valence-corrected chi connectivity index (χ3v) is 3.96. The lowest BCUT2D eigenvalue weighted by Gasteiger charge is -2.28. The van der Waals surface area contributed by atoms with E-state index < -0.39 is 0 Å². The maximum atomic E-state index is 12.3. The van der Waals surface area contributed by atoms with Gasteiger partial charge in [0.05, 0.1) is 0 Å². The van der Waals surface area contributed by atoms with Crippen LogP contribution >= 0.6 is 11.6 Å². The minimum atomic E-state index is 0.109. The number of nitrogens with zero attached hydrogens (tertiary/aromatic N) is 1. The molecule has 2 fully saturated rings. The molecule has 1 aromatic rings. The van der Waals surface area contributed by atoms with Crippen LogP contribution in [-0.2, 0) is 0 Å². The zero-order valence-electron chi connectivity index (χ0n) is 10.3. The van der Waals surface area contributed by atoms with E-state index in [0.717, 1.165) is 25.9 Å². The van der Waals surface area contributed by atoms with Gasteiger partial charge in [-0.25, -0.2) is 0 Å². The van der Waals surface area contributed by atoms with Crippen molar-refractivity contribution in [3.8, 4) is 0 Å². The number of hydrogen-bond donors (Lipinski definition) is 0. The Labute approximate surface area is 112 Å². The van der Waals surface area contributed by atoms with Gasteiger partial charge in [0.15, 0.2) is 0 Å². The van der Waals surface area contributed by atoms with Crippen molar-refractivity contribution in [1.82, 2.24) is 4.90 Å². The fraction of sp³-hybridized carbons (Fsp3) is 0.400. The van der Waals surface area contributed by atoms with E-state index in [1.807, 2.05) is 17.0 Å². The van der Waals surface area contributed by atoms with Crippen LogP contribution in [0.25, 0.3) is 0 Å². The van der Waals surface area contributed by atoms with Crippen LogP contribution in [0, 0.1) is 0 Å². The zero-order valence-corrected chi connectivity index (χ0v) is 11.0. The van der Waals surface area contributed by atoms with Crippen molar-refractivity contribution in [1.29, 1.82) is 0 Å². The maximum Gasteiger partial charge on any atom is 0.253 e. The van der Waals surface area contributed by atoms with Crippen LogP contribution in [0.15, 0.2) is 35.4 Å². The van der Waals surface area contributed by atoms with Gasteiger partial charge < -0.3 is 4.90 Å². The number of piperidine rings is 1. The molecule has 1 aliphatic heterocycles. The minimum Gasteiger partial charge on any atom is -0.338 e. The highest BCUT2D eigenvalue weighted by molar-refractivity contribution is 6.30. The molecular formula is C15H16ClNO. The average Bonchev–Trinajstić information content (AvgIpc) is 3.22. The number of carbonyl (C=O) groups excluding carboxylic acids is 1. The smallest absolute Gasteiger partial charge is 0.253 e. The van der Waals surface area contributed by atoms with Crippen molar-refractivity contribution in [3.05, 3.63) is 46.0 Å². The van der Waals surface area contributed by atoms with E-state index in [0.29, 0.717) is 10.6 Å². The van der Waals surface area contributed by atoms with Crippen molar-refractivity contribution in [2.24, 2.45) is 0 Å². The van der Waals surface area contributed by atoms with Crippen molar-refractivity contribution >= 4 is 17.5 Å². The zero-order chi connectivity index (χ0) is 12.5. The summed E-state index contributed by atoms with van der Waals surface area (Å²) in [6, 6.07) is 7.21. The summed E-state index contributed by atoms with van der Waals surface area (Å²) in [7, 11) is 0. The Morgan fingerprint density at radius 2 is 1.72 bits per heavy atom. The van der Waals surface area contributed by atoms with Crippen molar-refractivity contribution in [3.63, 3.8) is 0 Å². The van der Waals surface area contributed by atoms with Crippen LogP contribution in [0.2, 0.25) is 5.02 Å². The molecule has 3 heteroatoms. The van der Waals surface area contributed by atoms with E-state index in [4.69, 9.17) is 11.6 Å². The van der Waals surface area contributed by atoms with E-state index in [1.54, 1.807) is 23.3 Å². The predicted octanol–water partition coefficient (Wildman–Crippen LogP) is 3.67. The Morgan fingerprint density at radius 1 is 1.06 bits per heavy atom. The molecule has 1 saturated carbocycles. The highest BCUT2D eigenvalue weighted by Gasteiger charge is 2.24. The molecular weight excluding hydrogens is 246 g/mol. The molecule has 0 aromatic heterocycles. The monoisotopic (exact) mass is 261 g/mol. The molecule has 1 heterocycles. The molecule has 0 spiro atoms. The summed E-state index contributed by atoms with van der Waals surface area (Å²) in [6.07, 6.45) is 4.69. The molecule has 0 unspecified atom stereocenters. The van der Waals surface area contributed by atoms with Crippen molar-refractivity contribution < 1.29 is 4.79 Å². The number of rotatable bonds is 1. The number of likely N-dealkylation sites (tertiary alicyclic amines) is 1. The molecule has 0 radical (unpaired) electrons. The Hall–Kier alpha value is -1.28. The predicted molar refractivity (Wildman–Crippen MR) is 72.8 cm³/mol. The van der Waals surface area contributed by atoms with Crippen LogP contribution in [0.3, 0.4) is 0 Å². The topological polar surface area (TPSA) is 20.3 Å². The second-order valence-electron chi connectivity index (χ2n) is 5.01. The first kappa shape index (κ1) is 11.8. The van der Waals surface area contributed by atoms with Crippen LogP contribution < -0.4 is 0 Å². The van der Waals surface area contributed by atoms with E-state index in [9.17, 15) is 4.79 Å². The number of hydrogen-bond acceptors (Lipinski definition) is 1. The first-order valence-corrected chi connectivity index (χ1v) is 6.86. The molecule has 0 N–H and O–H groups in total. The molecule has 94 valence electrons. The summed E-state index contributed by atoms with van der Waals surface area (Å²) in [5.74, 6) is 0.109. The summed E-state index contributed by atoms with van der Waals surface area (Å²) in [5, 5.41) is 0.624. The Balaban J connectivity index is 1.69. The SMILES string of the molecule is O=C(c1cccc(Cl)c1)N1CCC(=C2CC2)CC1. The third kappa shape index (κ3) is 2.44. The molecule has 1 aromatic carbocycles. The van der Waals surface area contributed by atoms with Crippen LogP contribution in [-0.4, -0.2) is 23.9 Å². The normalized spacial score (nSPS) is 19.1. The van der Waals surface area contributed by atoms with Crippen LogP contribution in [0.1, 0.15) is 36.0 Å². The largest absolute Gasteiger partial charge is 0.338 e. The van der Waals surface area contributed by atoms with E-state index in [-0.39, 0.29) is 5.91 Å². The minimum absolute atomic E-state index is 0.109. The highest BCUT2D eigenvalue weighted by Crippen LogP contribution is 2.36. The molecule has 0 atom stereocenters. The van der Waals surface area contributed by atoms with E-state index in [1.165, 1.54) is 12.8 Å². The maximum absolute atomic E-state index is 12.3. The van der Waals surface area contributed by atoms with Crippen LogP contribution in [0.5, 0.6) is 0 Å². The van der Waals surface area contributed by atoms with E-state index >= 15 is 0 Å².